The number of piperazine rings is 1. The molecule has 3 N–H and O–H groups in total. The summed E-state index contributed by atoms with van der Waals surface area (Å²) in [4.78, 5) is 62.1. The maximum atomic E-state index is 12.7. The van der Waals surface area contributed by atoms with E-state index in [1.807, 2.05) is 0 Å². The topological polar surface area (TPSA) is 136 Å². The molecule has 11 heteroatoms. The fraction of sp³-hybridized carbons (Fsp3) is 0.688. The number of nitrogens with one attached hydrogen (secondary N) is 2. The molecule has 0 bridgehead atoms. The number of carbonyl (C=O) groups excluding carboxylic acids is 4. The molecule has 0 aromatic rings. The maximum Gasteiger partial charge on any atom is 0.313 e. The zero-order valence-electron chi connectivity index (χ0n) is 15.1. The van der Waals surface area contributed by atoms with Gasteiger partial charge in [-0.25, -0.2) is 0 Å². The Balaban J connectivity index is 1.99. The fourth-order valence-corrected chi connectivity index (χ4v) is 3.74. The first kappa shape index (κ1) is 21.0. The van der Waals surface area contributed by atoms with E-state index in [0.29, 0.717) is 13.0 Å². The van der Waals surface area contributed by atoms with E-state index in [-0.39, 0.29) is 48.9 Å². The molecule has 10 nitrogen and oxygen atoms in total. The number of carboxylic acids is 1. The van der Waals surface area contributed by atoms with E-state index in [4.69, 9.17) is 5.11 Å². The van der Waals surface area contributed by atoms with Crippen molar-refractivity contribution in [1.29, 1.82) is 0 Å². The fourth-order valence-electron chi connectivity index (χ4n) is 3.11. The number of carboxylic acid groups (broad SMARTS) is 1. The van der Waals surface area contributed by atoms with E-state index < -0.39 is 24.0 Å². The molecule has 0 spiro atoms. The van der Waals surface area contributed by atoms with Gasteiger partial charge in [0.05, 0.1) is 18.1 Å². The van der Waals surface area contributed by atoms with Crippen molar-refractivity contribution in [3.8, 4) is 0 Å². The smallest absolute Gasteiger partial charge is 0.313 e. The van der Waals surface area contributed by atoms with E-state index in [9.17, 15) is 24.0 Å². The molecule has 2 heterocycles. The van der Waals surface area contributed by atoms with Gasteiger partial charge in [0.25, 0.3) is 0 Å². The van der Waals surface area contributed by atoms with Crippen molar-refractivity contribution in [3.63, 3.8) is 0 Å². The van der Waals surface area contributed by atoms with Gasteiger partial charge in [0, 0.05) is 26.6 Å². The summed E-state index contributed by atoms with van der Waals surface area (Å²) in [6.07, 6.45) is 1.28. The summed E-state index contributed by atoms with van der Waals surface area (Å²) in [5, 5.41) is 14.0. The normalized spacial score (nSPS) is 22.8. The van der Waals surface area contributed by atoms with Crippen molar-refractivity contribution in [3.05, 3.63) is 0 Å². The third-order valence-corrected chi connectivity index (χ3v) is 5.40. The van der Waals surface area contributed by atoms with Gasteiger partial charge in [-0.05, 0) is 12.8 Å². The predicted octanol–water partition coefficient (Wildman–Crippen LogP) is -1.74. The molecule has 27 heavy (non-hydrogen) atoms. The molecule has 2 aliphatic heterocycles. The van der Waals surface area contributed by atoms with Gasteiger partial charge in [0.1, 0.15) is 12.1 Å². The minimum Gasteiger partial charge on any atom is -0.481 e. The molecule has 2 unspecified atom stereocenters. The number of carbonyl (C=O) groups is 5. The summed E-state index contributed by atoms with van der Waals surface area (Å²) < 4.78 is 0. The summed E-state index contributed by atoms with van der Waals surface area (Å²) >= 11 is 0.984. The van der Waals surface area contributed by atoms with Crippen LogP contribution < -0.4 is 10.6 Å². The number of thioether (sulfide) groups is 1. The van der Waals surface area contributed by atoms with Crippen molar-refractivity contribution >= 4 is 41.4 Å². The average Bonchev–Trinajstić information content (AvgIpc) is 2.62. The number of amides is 4. The summed E-state index contributed by atoms with van der Waals surface area (Å²) in [6.45, 7) is 2.43. The van der Waals surface area contributed by atoms with Gasteiger partial charge in [0.2, 0.25) is 23.6 Å². The average molecular weight is 400 g/mol. The third-order valence-electron chi connectivity index (χ3n) is 4.49. The zero-order valence-corrected chi connectivity index (χ0v) is 15.9. The van der Waals surface area contributed by atoms with Crippen LogP contribution >= 0.6 is 11.8 Å². The molecule has 0 aromatic carbocycles. The number of hydrogen-bond acceptors (Lipinski definition) is 6. The number of piperidine rings is 1. The summed E-state index contributed by atoms with van der Waals surface area (Å²) in [6, 6.07) is -1.52. The van der Waals surface area contributed by atoms with Crippen molar-refractivity contribution < 1.29 is 29.1 Å². The van der Waals surface area contributed by atoms with Crippen molar-refractivity contribution in [1.82, 2.24) is 20.4 Å². The summed E-state index contributed by atoms with van der Waals surface area (Å²) in [5.41, 5.74) is 0. The van der Waals surface area contributed by atoms with E-state index in [0.717, 1.165) is 18.2 Å². The molecule has 0 aliphatic carbocycles. The van der Waals surface area contributed by atoms with Gasteiger partial charge in [-0.3, -0.25) is 24.0 Å². The minimum absolute atomic E-state index is 0.00819. The standard InChI is InChI=1S/C16H24N4O6S/c1-10(21)20-6-5-19(13(22)8-27-9-14(23)24)7-12(20)16(26)18-11-3-2-4-17-15(11)25/h11-12H,2-9H2,1H3,(H,17,25)(H,18,26)(H,23,24). The lowest BCUT2D eigenvalue weighted by Crippen LogP contribution is -2.63. The van der Waals surface area contributed by atoms with Crippen molar-refractivity contribution in [2.75, 3.05) is 37.7 Å². The maximum absolute atomic E-state index is 12.7. The lowest BCUT2D eigenvalue weighted by atomic mass is 10.1. The summed E-state index contributed by atoms with van der Waals surface area (Å²) in [7, 11) is 0. The van der Waals surface area contributed by atoms with Gasteiger partial charge in [-0.2, -0.15) is 0 Å². The largest absolute Gasteiger partial charge is 0.481 e. The van der Waals surface area contributed by atoms with Crippen LogP contribution in [0.5, 0.6) is 0 Å². The van der Waals surface area contributed by atoms with Crippen LogP contribution in [0, 0.1) is 0 Å². The Labute approximate surface area is 161 Å². The van der Waals surface area contributed by atoms with Gasteiger partial charge < -0.3 is 25.5 Å². The van der Waals surface area contributed by atoms with Crippen LogP contribution in [0.3, 0.4) is 0 Å². The van der Waals surface area contributed by atoms with Crippen LogP contribution in [0.25, 0.3) is 0 Å². The van der Waals surface area contributed by atoms with Crippen LogP contribution in [0.15, 0.2) is 0 Å². The van der Waals surface area contributed by atoms with Crippen LogP contribution in [0.2, 0.25) is 0 Å². The first-order valence-electron chi connectivity index (χ1n) is 8.72. The highest BCUT2D eigenvalue weighted by molar-refractivity contribution is 8.00. The zero-order chi connectivity index (χ0) is 20.0. The number of hydrogen-bond donors (Lipinski definition) is 3. The molecule has 4 amide bonds. The third kappa shape index (κ3) is 5.84. The van der Waals surface area contributed by atoms with Gasteiger partial charge in [-0.15, -0.1) is 11.8 Å². The van der Waals surface area contributed by atoms with E-state index >= 15 is 0 Å². The molecule has 0 radical (unpaired) electrons. The molecule has 2 atom stereocenters. The predicted molar refractivity (Wildman–Crippen MR) is 96.9 cm³/mol. The highest BCUT2D eigenvalue weighted by atomic mass is 32.2. The Morgan fingerprint density at radius 3 is 2.63 bits per heavy atom. The van der Waals surface area contributed by atoms with Crippen LogP contribution in [-0.4, -0.2) is 94.3 Å². The van der Waals surface area contributed by atoms with Crippen molar-refractivity contribution in [2.24, 2.45) is 0 Å². The number of nitrogens with zero attached hydrogens (tertiary/aromatic N) is 2. The Morgan fingerprint density at radius 1 is 1.26 bits per heavy atom. The lowest BCUT2D eigenvalue weighted by Gasteiger charge is -2.40. The second kappa shape index (κ2) is 9.58. The second-order valence-electron chi connectivity index (χ2n) is 6.45. The molecule has 2 saturated heterocycles. The van der Waals surface area contributed by atoms with Crippen LogP contribution in [-0.2, 0) is 24.0 Å². The molecule has 2 rings (SSSR count). The molecular formula is C16H24N4O6S. The SMILES string of the molecule is CC(=O)N1CCN(C(=O)CSCC(=O)O)CC1C(=O)NC1CCCNC1=O. The molecule has 2 aliphatic rings. The van der Waals surface area contributed by atoms with E-state index in [1.165, 1.54) is 16.7 Å². The Kier molecular flexibility index (Phi) is 7.45. The molecule has 2 fully saturated rings. The molecular weight excluding hydrogens is 376 g/mol. The lowest BCUT2D eigenvalue weighted by molar-refractivity contribution is -0.147. The monoisotopic (exact) mass is 400 g/mol. The van der Waals surface area contributed by atoms with Gasteiger partial charge >= 0.3 is 5.97 Å². The minimum atomic E-state index is -1.00. The highest BCUT2D eigenvalue weighted by Gasteiger charge is 2.37. The van der Waals surface area contributed by atoms with Crippen molar-refractivity contribution in [2.45, 2.75) is 31.8 Å². The van der Waals surface area contributed by atoms with Crippen LogP contribution in [0.1, 0.15) is 19.8 Å². The highest BCUT2D eigenvalue weighted by Crippen LogP contribution is 2.14. The van der Waals surface area contributed by atoms with E-state index in [2.05, 4.69) is 10.6 Å². The number of aliphatic carboxylic acids is 1. The first-order valence-corrected chi connectivity index (χ1v) is 9.87. The van der Waals surface area contributed by atoms with Crippen LogP contribution in [0.4, 0.5) is 0 Å². The Morgan fingerprint density at radius 2 is 2.00 bits per heavy atom. The van der Waals surface area contributed by atoms with Gasteiger partial charge in [-0.1, -0.05) is 0 Å². The molecule has 150 valence electrons. The quantitative estimate of drug-likeness (QED) is 0.481. The Hall–Kier alpha value is -2.30. The van der Waals surface area contributed by atoms with E-state index in [1.54, 1.807) is 0 Å². The molecule has 0 aromatic heterocycles. The number of rotatable bonds is 6. The van der Waals surface area contributed by atoms with Gasteiger partial charge in [0.15, 0.2) is 0 Å². The Bertz CT molecular complexity index is 628. The second-order valence-corrected chi connectivity index (χ2v) is 7.43. The first-order chi connectivity index (χ1) is 12.8. The molecule has 0 saturated carbocycles. The summed E-state index contributed by atoms with van der Waals surface area (Å²) in [5.74, 6) is -2.47.